The van der Waals surface area contributed by atoms with Gasteiger partial charge < -0.3 is 9.47 Å². The number of fused-ring (bicyclic) bond motifs is 3. The van der Waals surface area contributed by atoms with E-state index in [0.717, 1.165) is 22.7 Å². The Labute approximate surface area is 292 Å². The molecule has 0 amide bonds. The first-order valence-corrected chi connectivity index (χ1v) is 17.1. The van der Waals surface area contributed by atoms with Crippen LogP contribution in [0, 0.1) is 0 Å². The molecule has 1 aromatic heterocycles. The fourth-order valence-electron chi connectivity index (χ4n) is 7.23. The SMILES string of the molecule is c1ccc(-c2ccc3c(c2)c2ccc(-c4ccccc4-c4ccc(N(c5ccccc5)c5ccccc5)cc4)cc2n3-c2ccccc2)cc1. The van der Waals surface area contributed by atoms with Crippen LogP contribution >= 0.6 is 0 Å². The zero-order chi connectivity index (χ0) is 33.3. The average Bonchev–Trinajstić information content (AvgIpc) is 3.53. The van der Waals surface area contributed by atoms with Crippen molar-refractivity contribution in [3.8, 4) is 39.1 Å². The van der Waals surface area contributed by atoms with Crippen LogP contribution in [0.15, 0.2) is 206 Å². The van der Waals surface area contributed by atoms with Gasteiger partial charge in [-0.3, -0.25) is 0 Å². The van der Waals surface area contributed by atoms with Crippen molar-refractivity contribution < 1.29 is 0 Å². The smallest absolute Gasteiger partial charge is 0.0547 e. The van der Waals surface area contributed by atoms with E-state index in [1.807, 2.05) is 0 Å². The molecule has 0 N–H and O–H groups in total. The van der Waals surface area contributed by atoms with Crippen LogP contribution < -0.4 is 4.90 Å². The second-order valence-electron chi connectivity index (χ2n) is 12.6. The first-order valence-electron chi connectivity index (χ1n) is 17.1. The van der Waals surface area contributed by atoms with Crippen molar-refractivity contribution in [2.24, 2.45) is 0 Å². The number of benzene rings is 8. The van der Waals surface area contributed by atoms with E-state index in [2.05, 4.69) is 216 Å². The van der Waals surface area contributed by atoms with Crippen LogP contribution in [-0.2, 0) is 0 Å². The van der Waals surface area contributed by atoms with Crippen LogP contribution in [0.1, 0.15) is 0 Å². The maximum Gasteiger partial charge on any atom is 0.0547 e. The lowest BCUT2D eigenvalue weighted by Gasteiger charge is -2.25. The number of anilines is 3. The summed E-state index contributed by atoms with van der Waals surface area (Å²) < 4.78 is 2.40. The molecule has 0 aliphatic rings. The summed E-state index contributed by atoms with van der Waals surface area (Å²) in [5.41, 5.74) is 14.2. The third kappa shape index (κ3) is 5.34. The van der Waals surface area contributed by atoms with Crippen LogP contribution in [-0.4, -0.2) is 4.57 Å². The van der Waals surface area contributed by atoms with E-state index in [4.69, 9.17) is 0 Å². The molecule has 0 saturated carbocycles. The summed E-state index contributed by atoms with van der Waals surface area (Å²) in [5.74, 6) is 0. The van der Waals surface area contributed by atoms with Gasteiger partial charge in [-0.05, 0) is 100 Å². The molecule has 0 bridgehead atoms. The molecule has 9 rings (SSSR count). The number of hydrogen-bond acceptors (Lipinski definition) is 1. The predicted octanol–water partition coefficient (Wildman–Crippen LogP) is 13.3. The molecule has 0 atom stereocenters. The Hall–Kier alpha value is -6.64. The van der Waals surface area contributed by atoms with E-state index >= 15 is 0 Å². The zero-order valence-corrected chi connectivity index (χ0v) is 27.5. The van der Waals surface area contributed by atoms with Gasteiger partial charge in [0, 0.05) is 33.5 Å². The number of aromatic nitrogens is 1. The lowest BCUT2D eigenvalue weighted by Crippen LogP contribution is -2.09. The normalized spacial score (nSPS) is 11.2. The third-order valence-corrected chi connectivity index (χ3v) is 9.59. The first-order chi connectivity index (χ1) is 24.8. The maximum atomic E-state index is 2.40. The van der Waals surface area contributed by atoms with E-state index in [1.165, 1.54) is 55.2 Å². The second-order valence-corrected chi connectivity index (χ2v) is 12.6. The number of hydrogen-bond donors (Lipinski definition) is 0. The second kappa shape index (κ2) is 12.8. The van der Waals surface area contributed by atoms with Crippen molar-refractivity contribution in [3.63, 3.8) is 0 Å². The molecule has 236 valence electrons. The van der Waals surface area contributed by atoms with Gasteiger partial charge in [0.2, 0.25) is 0 Å². The quantitative estimate of drug-likeness (QED) is 0.169. The minimum atomic E-state index is 1.12. The molecule has 8 aromatic carbocycles. The lowest BCUT2D eigenvalue weighted by molar-refractivity contribution is 1.18. The Morgan fingerprint density at radius 1 is 0.300 bits per heavy atom. The molecule has 0 aliphatic heterocycles. The van der Waals surface area contributed by atoms with Crippen molar-refractivity contribution in [1.29, 1.82) is 0 Å². The molecule has 0 spiro atoms. The monoisotopic (exact) mass is 638 g/mol. The molecule has 2 heteroatoms. The maximum absolute atomic E-state index is 2.40. The Bertz CT molecular complexity index is 2510. The van der Waals surface area contributed by atoms with E-state index in [-0.39, 0.29) is 0 Å². The highest BCUT2D eigenvalue weighted by molar-refractivity contribution is 6.11. The highest BCUT2D eigenvalue weighted by atomic mass is 15.1. The van der Waals surface area contributed by atoms with Gasteiger partial charge in [0.1, 0.15) is 0 Å². The van der Waals surface area contributed by atoms with Crippen molar-refractivity contribution >= 4 is 38.9 Å². The highest BCUT2D eigenvalue weighted by Crippen LogP contribution is 2.40. The molecule has 0 radical (unpaired) electrons. The van der Waals surface area contributed by atoms with Gasteiger partial charge in [0.25, 0.3) is 0 Å². The van der Waals surface area contributed by atoms with Crippen LogP contribution in [0.3, 0.4) is 0 Å². The van der Waals surface area contributed by atoms with Gasteiger partial charge in [-0.2, -0.15) is 0 Å². The summed E-state index contributed by atoms with van der Waals surface area (Å²) in [6.45, 7) is 0. The molecule has 50 heavy (non-hydrogen) atoms. The van der Waals surface area contributed by atoms with E-state index in [9.17, 15) is 0 Å². The van der Waals surface area contributed by atoms with E-state index < -0.39 is 0 Å². The minimum Gasteiger partial charge on any atom is -0.311 e. The number of para-hydroxylation sites is 3. The Balaban J connectivity index is 1.16. The Morgan fingerprint density at radius 3 is 1.44 bits per heavy atom. The highest BCUT2D eigenvalue weighted by Gasteiger charge is 2.17. The Kier molecular flexibility index (Phi) is 7.53. The molecular formula is C48H34N2. The summed E-state index contributed by atoms with van der Waals surface area (Å²) in [7, 11) is 0. The van der Waals surface area contributed by atoms with Crippen molar-refractivity contribution in [3.05, 3.63) is 206 Å². The van der Waals surface area contributed by atoms with Gasteiger partial charge in [0.15, 0.2) is 0 Å². The molecule has 1 heterocycles. The van der Waals surface area contributed by atoms with Gasteiger partial charge >= 0.3 is 0 Å². The van der Waals surface area contributed by atoms with Crippen molar-refractivity contribution in [1.82, 2.24) is 4.57 Å². The summed E-state index contributed by atoms with van der Waals surface area (Å²) in [6, 6.07) is 74.0. The standard InChI is InChI=1S/C48H34N2/c1-5-15-35(16-6-1)37-28-32-47-46(33-37)45-31-27-38(34-48(45)50(47)41-21-11-4-12-22-41)44-24-14-13-23-43(44)36-25-29-42(30-26-36)49(39-17-7-2-8-18-39)40-19-9-3-10-20-40/h1-34H. The largest absolute Gasteiger partial charge is 0.311 e. The summed E-state index contributed by atoms with van der Waals surface area (Å²) in [4.78, 5) is 2.30. The molecule has 0 aliphatic carbocycles. The lowest BCUT2D eigenvalue weighted by atomic mass is 9.93. The number of rotatable bonds is 7. The van der Waals surface area contributed by atoms with Crippen LogP contribution in [0.25, 0.3) is 60.9 Å². The summed E-state index contributed by atoms with van der Waals surface area (Å²) in [6.07, 6.45) is 0. The van der Waals surface area contributed by atoms with Gasteiger partial charge in [-0.25, -0.2) is 0 Å². The van der Waals surface area contributed by atoms with E-state index in [0.29, 0.717) is 0 Å². The van der Waals surface area contributed by atoms with Crippen molar-refractivity contribution in [2.45, 2.75) is 0 Å². The molecule has 2 nitrogen and oxygen atoms in total. The molecule has 0 unspecified atom stereocenters. The van der Waals surface area contributed by atoms with Gasteiger partial charge in [-0.15, -0.1) is 0 Å². The van der Waals surface area contributed by atoms with Crippen LogP contribution in [0.4, 0.5) is 17.1 Å². The fourth-order valence-corrected chi connectivity index (χ4v) is 7.23. The van der Waals surface area contributed by atoms with Crippen LogP contribution in [0.2, 0.25) is 0 Å². The first kappa shape index (κ1) is 29.5. The zero-order valence-electron chi connectivity index (χ0n) is 27.5. The number of nitrogens with zero attached hydrogens (tertiary/aromatic N) is 2. The molecule has 9 aromatic rings. The van der Waals surface area contributed by atoms with Crippen molar-refractivity contribution in [2.75, 3.05) is 4.90 Å². The van der Waals surface area contributed by atoms with E-state index in [1.54, 1.807) is 0 Å². The Morgan fingerprint density at radius 2 is 0.800 bits per heavy atom. The molecule has 0 fully saturated rings. The average molecular weight is 639 g/mol. The molecular weight excluding hydrogens is 605 g/mol. The summed E-state index contributed by atoms with van der Waals surface area (Å²) >= 11 is 0. The van der Waals surface area contributed by atoms with Gasteiger partial charge in [0.05, 0.1) is 11.0 Å². The van der Waals surface area contributed by atoms with Crippen LogP contribution in [0.5, 0.6) is 0 Å². The topological polar surface area (TPSA) is 8.17 Å². The minimum absolute atomic E-state index is 1.12. The summed E-state index contributed by atoms with van der Waals surface area (Å²) in [5, 5.41) is 2.50. The van der Waals surface area contributed by atoms with Gasteiger partial charge in [-0.1, -0.05) is 140 Å². The fraction of sp³-hybridized carbons (Fsp3) is 0. The predicted molar refractivity (Wildman–Crippen MR) is 212 cm³/mol. The third-order valence-electron chi connectivity index (χ3n) is 9.59. The molecule has 0 saturated heterocycles.